The van der Waals surface area contributed by atoms with Gasteiger partial charge in [0.05, 0.1) is 18.1 Å². The molecular formula is C24H23ClF4N4O3. The molecule has 7 nitrogen and oxygen atoms in total. The third kappa shape index (κ3) is 7.79. The van der Waals surface area contributed by atoms with Gasteiger partial charge >= 0.3 is 13.2 Å². The molecule has 0 bridgehead atoms. The summed E-state index contributed by atoms with van der Waals surface area (Å²) in [6, 6.07) is 11.2. The third-order valence-corrected chi connectivity index (χ3v) is 5.37. The van der Waals surface area contributed by atoms with Crippen LogP contribution < -0.4 is 20.1 Å². The maximum absolute atomic E-state index is 13.0. The van der Waals surface area contributed by atoms with Gasteiger partial charge in [0.2, 0.25) is 5.91 Å². The minimum Gasteiger partial charge on any atom is -0.431 e. The Kier molecular flexibility index (Phi) is 9.83. The number of ether oxygens (including phenoxy) is 2. The standard InChI is InChI=1S/C24H23ClF4N4O3/c1-30-22(34)21(14-5-3-2-4-6-14)33-17(9-8-16-12-32-20(25)13-31-16)15-7-10-18(35-23(26)27)19(11-15)36-24(28)29/h2-7,10-13,17,21,23-24,33H,8-9H2,1H3,(H,30,34)/t17-,21+/m1/s1. The van der Waals surface area contributed by atoms with Gasteiger partial charge < -0.3 is 14.8 Å². The molecule has 2 aromatic carbocycles. The van der Waals surface area contributed by atoms with E-state index in [1.807, 2.05) is 0 Å². The fourth-order valence-corrected chi connectivity index (χ4v) is 3.64. The average molecular weight is 527 g/mol. The topological polar surface area (TPSA) is 85.4 Å². The number of carbonyl (C=O) groups is 1. The molecule has 0 aliphatic heterocycles. The number of amides is 1. The molecule has 192 valence electrons. The average Bonchev–Trinajstić information content (AvgIpc) is 2.86. The molecule has 2 N–H and O–H groups in total. The van der Waals surface area contributed by atoms with Crippen molar-refractivity contribution in [2.24, 2.45) is 0 Å². The molecule has 3 rings (SSSR count). The van der Waals surface area contributed by atoms with Gasteiger partial charge in [0.25, 0.3) is 0 Å². The fraction of sp³-hybridized carbons (Fsp3) is 0.292. The van der Waals surface area contributed by atoms with Crippen LogP contribution in [0.3, 0.4) is 0 Å². The van der Waals surface area contributed by atoms with Crippen molar-refractivity contribution in [3.8, 4) is 11.5 Å². The molecule has 0 saturated heterocycles. The summed E-state index contributed by atoms with van der Waals surface area (Å²) in [5, 5.41) is 6.07. The summed E-state index contributed by atoms with van der Waals surface area (Å²) in [4.78, 5) is 20.9. The predicted octanol–water partition coefficient (Wildman–Crippen LogP) is 5.08. The molecule has 0 saturated carbocycles. The molecule has 1 heterocycles. The van der Waals surface area contributed by atoms with E-state index >= 15 is 0 Å². The van der Waals surface area contributed by atoms with E-state index in [9.17, 15) is 22.4 Å². The zero-order valence-corrected chi connectivity index (χ0v) is 19.8. The predicted molar refractivity (Wildman–Crippen MR) is 124 cm³/mol. The van der Waals surface area contributed by atoms with Crippen LogP contribution in [0.25, 0.3) is 0 Å². The highest BCUT2D eigenvalue weighted by molar-refractivity contribution is 6.29. The number of halogens is 5. The van der Waals surface area contributed by atoms with Crippen LogP contribution in [0, 0.1) is 0 Å². The molecule has 0 spiro atoms. The number of nitrogens with one attached hydrogen (secondary N) is 2. The van der Waals surface area contributed by atoms with E-state index in [1.54, 1.807) is 30.3 Å². The highest BCUT2D eigenvalue weighted by Crippen LogP contribution is 2.35. The van der Waals surface area contributed by atoms with Crippen LogP contribution in [0.2, 0.25) is 5.15 Å². The smallest absolute Gasteiger partial charge is 0.387 e. The zero-order valence-electron chi connectivity index (χ0n) is 19.0. The second kappa shape index (κ2) is 13.0. The van der Waals surface area contributed by atoms with Crippen LogP contribution in [0.5, 0.6) is 11.5 Å². The summed E-state index contributed by atoms with van der Waals surface area (Å²) in [6.45, 7) is -6.50. The first-order valence-electron chi connectivity index (χ1n) is 10.8. The van der Waals surface area contributed by atoms with Gasteiger partial charge in [-0.1, -0.05) is 48.0 Å². The van der Waals surface area contributed by atoms with Crippen LogP contribution >= 0.6 is 11.6 Å². The molecule has 0 aliphatic rings. The van der Waals surface area contributed by atoms with E-state index in [4.69, 9.17) is 11.6 Å². The summed E-state index contributed by atoms with van der Waals surface area (Å²) >= 11 is 5.80. The van der Waals surface area contributed by atoms with Crippen molar-refractivity contribution in [1.29, 1.82) is 0 Å². The van der Waals surface area contributed by atoms with E-state index in [0.717, 1.165) is 6.07 Å². The van der Waals surface area contributed by atoms with Gasteiger partial charge in [0.1, 0.15) is 11.2 Å². The molecule has 0 unspecified atom stereocenters. The molecule has 3 aromatic rings. The fourth-order valence-electron chi connectivity index (χ4n) is 3.54. The van der Waals surface area contributed by atoms with E-state index in [-0.39, 0.29) is 11.1 Å². The number of likely N-dealkylation sites (N-methyl/N-ethyl adjacent to an activating group) is 1. The second-order valence-corrected chi connectivity index (χ2v) is 7.90. The molecule has 0 radical (unpaired) electrons. The quantitative estimate of drug-likeness (QED) is 0.320. The molecule has 1 amide bonds. The third-order valence-electron chi connectivity index (χ3n) is 5.17. The monoisotopic (exact) mass is 526 g/mol. The van der Waals surface area contributed by atoms with Crippen LogP contribution in [-0.2, 0) is 11.2 Å². The summed E-state index contributed by atoms with van der Waals surface area (Å²) in [5.74, 6) is -1.43. The lowest BCUT2D eigenvalue weighted by Gasteiger charge is -2.26. The zero-order chi connectivity index (χ0) is 26.1. The SMILES string of the molecule is CNC(=O)[C@@H](N[C@H](CCc1cnc(Cl)cn1)c1ccc(OC(F)F)c(OC(F)F)c1)c1ccccc1. The van der Waals surface area contributed by atoms with Gasteiger partial charge in [-0.25, -0.2) is 4.98 Å². The van der Waals surface area contributed by atoms with Crippen molar-refractivity contribution >= 4 is 17.5 Å². The number of rotatable bonds is 12. The first-order chi connectivity index (χ1) is 17.3. The Morgan fingerprint density at radius 3 is 2.25 bits per heavy atom. The van der Waals surface area contributed by atoms with Crippen molar-refractivity contribution in [3.63, 3.8) is 0 Å². The number of hydrogen-bond acceptors (Lipinski definition) is 6. The second-order valence-electron chi connectivity index (χ2n) is 7.51. The number of benzene rings is 2. The maximum Gasteiger partial charge on any atom is 0.387 e. The molecule has 0 aliphatic carbocycles. The number of nitrogens with zero attached hydrogens (tertiary/aromatic N) is 2. The van der Waals surface area contributed by atoms with Crippen molar-refractivity contribution in [1.82, 2.24) is 20.6 Å². The van der Waals surface area contributed by atoms with Crippen molar-refractivity contribution in [2.45, 2.75) is 38.1 Å². The lowest BCUT2D eigenvalue weighted by molar-refractivity contribution is -0.123. The summed E-state index contributed by atoms with van der Waals surface area (Å²) in [5.41, 5.74) is 1.66. The van der Waals surface area contributed by atoms with Gasteiger partial charge in [-0.15, -0.1) is 0 Å². The van der Waals surface area contributed by atoms with Crippen molar-refractivity contribution < 1.29 is 31.8 Å². The first kappa shape index (κ1) is 27.2. The Labute approximate surface area is 209 Å². The van der Waals surface area contributed by atoms with Gasteiger partial charge in [-0.05, 0) is 36.1 Å². The van der Waals surface area contributed by atoms with Gasteiger partial charge in [0.15, 0.2) is 11.5 Å². The van der Waals surface area contributed by atoms with Gasteiger partial charge in [0, 0.05) is 13.1 Å². The van der Waals surface area contributed by atoms with Gasteiger partial charge in [-0.3, -0.25) is 15.1 Å². The normalized spacial score (nSPS) is 12.9. The van der Waals surface area contributed by atoms with E-state index < -0.39 is 36.8 Å². The van der Waals surface area contributed by atoms with E-state index in [1.165, 1.54) is 31.6 Å². The van der Waals surface area contributed by atoms with E-state index in [0.29, 0.717) is 29.7 Å². The summed E-state index contributed by atoms with van der Waals surface area (Å²) in [7, 11) is 1.49. The minimum atomic E-state index is -3.26. The Morgan fingerprint density at radius 1 is 0.944 bits per heavy atom. The minimum absolute atomic E-state index is 0.223. The molecule has 36 heavy (non-hydrogen) atoms. The first-order valence-corrected chi connectivity index (χ1v) is 11.2. The van der Waals surface area contributed by atoms with Crippen molar-refractivity contribution in [3.05, 3.63) is 82.9 Å². The number of aryl methyl sites for hydroxylation is 1. The summed E-state index contributed by atoms with van der Waals surface area (Å²) < 4.78 is 60.3. The Balaban J connectivity index is 1.97. The highest BCUT2D eigenvalue weighted by atomic mass is 35.5. The largest absolute Gasteiger partial charge is 0.431 e. The van der Waals surface area contributed by atoms with E-state index in [2.05, 4.69) is 30.1 Å². The number of hydrogen-bond donors (Lipinski definition) is 2. The molecule has 1 aromatic heterocycles. The van der Waals surface area contributed by atoms with Crippen LogP contribution in [0.4, 0.5) is 17.6 Å². The van der Waals surface area contributed by atoms with Crippen LogP contribution in [0.1, 0.15) is 35.3 Å². The summed E-state index contributed by atoms with van der Waals surface area (Å²) in [6.07, 6.45) is 3.59. The molecule has 12 heteroatoms. The molecular weight excluding hydrogens is 504 g/mol. The maximum atomic E-state index is 13.0. The van der Waals surface area contributed by atoms with Crippen molar-refractivity contribution in [2.75, 3.05) is 7.05 Å². The number of aromatic nitrogens is 2. The Hall–Kier alpha value is -3.44. The highest BCUT2D eigenvalue weighted by Gasteiger charge is 2.26. The number of carbonyl (C=O) groups excluding carboxylic acids is 1. The van der Waals surface area contributed by atoms with Gasteiger partial charge in [-0.2, -0.15) is 17.6 Å². The Bertz CT molecular complexity index is 1120. The van der Waals surface area contributed by atoms with Crippen LogP contribution in [0.15, 0.2) is 60.9 Å². The van der Waals surface area contributed by atoms with Crippen LogP contribution in [-0.4, -0.2) is 36.1 Å². The Morgan fingerprint density at radius 2 is 1.64 bits per heavy atom. The lowest BCUT2D eigenvalue weighted by atomic mass is 9.97. The molecule has 2 atom stereocenters. The molecule has 0 fully saturated rings. The lowest BCUT2D eigenvalue weighted by Crippen LogP contribution is -2.38. The number of alkyl halides is 4.